The summed E-state index contributed by atoms with van der Waals surface area (Å²) in [6.07, 6.45) is -0.416. The first-order chi connectivity index (χ1) is 9.02. The Hall–Kier alpha value is -1.50. The van der Waals surface area contributed by atoms with Gasteiger partial charge in [-0.05, 0) is 26.2 Å². The Bertz CT molecular complexity index is 304. The molecule has 3 unspecified atom stereocenters. The molecule has 0 saturated heterocycles. The Labute approximate surface area is 111 Å². The molecule has 0 bridgehead atoms. The lowest BCUT2D eigenvalue weighted by Crippen LogP contribution is -2.35. The molecule has 0 spiro atoms. The van der Waals surface area contributed by atoms with E-state index in [1.54, 1.807) is 6.92 Å². The van der Waals surface area contributed by atoms with Crippen molar-refractivity contribution in [2.75, 3.05) is 13.7 Å². The summed E-state index contributed by atoms with van der Waals surface area (Å²) in [7, 11) is 1.19. The van der Waals surface area contributed by atoms with Gasteiger partial charge in [-0.3, -0.25) is 0 Å². The van der Waals surface area contributed by atoms with Gasteiger partial charge in [-0.15, -0.1) is 0 Å². The maximum Gasteiger partial charge on any atom is 0.509 e. The first kappa shape index (κ1) is 15.6. The molecule has 7 nitrogen and oxygen atoms in total. The fourth-order valence-electron chi connectivity index (χ4n) is 1.81. The molecule has 3 atom stereocenters. The molecule has 7 heteroatoms. The molecule has 1 fully saturated rings. The highest BCUT2D eigenvalue weighted by atomic mass is 16.8. The number of methoxy groups -OCH3 is 1. The second kappa shape index (κ2) is 7.83. The quantitative estimate of drug-likeness (QED) is 0.780. The van der Waals surface area contributed by atoms with Crippen LogP contribution in [0.15, 0.2) is 0 Å². The number of aliphatic hydroxyl groups excluding tert-OH is 1. The molecule has 110 valence electrons. The normalized spacial score (nSPS) is 24.2. The molecular formula is C12H20O7. The molecule has 1 rings (SSSR count). The second-order valence-electron chi connectivity index (χ2n) is 4.45. The number of ether oxygens (including phenoxy) is 4. The third-order valence-corrected chi connectivity index (χ3v) is 2.82. The summed E-state index contributed by atoms with van der Waals surface area (Å²) in [5.74, 6) is 0. The van der Waals surface area contributed by atoms with Crippen LogP contribution in [0.2, 0.25) is 0 Å². The summed E-state index contributed by atoms with van der Waals surface area (Å²) in [5.41, 5.74) is 0. The predicted octanol–water partition coefficient (Wildman–Crippen LogP) is 1.61. The van der Waals surface area contributed by atoms with Gasteiger partial charge in [0.1, 0.15) is 18.8 Å². The highest BCUT2D eigenvalue weighted by Crippen LogP contribution is 2.21. The molecule has 0 aromatic carbocycles. The molecule has 0 heterocycles. The van der Waals surface area contributed by atoms with E-state index < -0.39 is 30.6 Å². The maximum atomic E-state index is 11.5. The van der Waals surface area contributed by atoms with Gasteiger partial charge in [-0.25, -0.2) is 9.59 Å². The van der Waals surface area contributed by atoms with Crippen LogP contribution in [0.5, 0.6) is 0 Å². The molecule has 0 aliphatic heterocycles. The van der Waals surface area contributed by atoms with Gasteiger partial charge in [0.05, 0.1) is 13.2 Å². The minimum atomic E-state index is -0.869. The summed E-state index contributed by atoms with van der Waals surface area (Å²) in [5, 5.41) is 9.64. The summed E-state index contributed by atoms with van der Waals surface area (Å²) < 4.78 is 18.8. The van der Waals surface area contributed by atoms with Crippen LogP contribution in [-0.4, -0.2) is 49.4 Å². The van der Waals surface area contributed by atoms with Gasteiger partial charge in [0.2, 0.25) is 0 Å². The van der Waals surface area contributed by atoms with Crippen LogP contribution in [-0.2, 0) is 18.9 Å². The predicted molar refractivity (Wildman–Crippen MR) is 63.6 cm³/mol. The van der Waals surface area contributed by atoms with Crippen molar-refractivity contribution in [1.29, 1.82) is 0 Å². The van der Waals surface area contributed by atoms with Crippen molar-refractivity contribution in [3.8, 4) is 0 Å². The number of carbonyl (C=O) groups is 2. The summed E-state index contributed by atoms with van der Waals surface area (Å²) in [6, 6.07) is 0. The molecule has 1 saturated carbocycles. The van der Waals surface area contributed by atoms with E-state index in [-0.39, 0.29) is 6.61 Å². The van der Waals surface area contributed by atoms with E-state index in [2.05, 4.69) is 9.47 Å². The number of hydrogen-bond donors (Lipinski definition) is 1. The lowest BCUT2D eigenvalue weighted by Gasteiger charge is -2.27. The zero-order valence-corrected chi connectivity index (χ0v) is 11.2. The fraction of sp³-hybridized carbons (Fsp3) is 0.833. The lowest BCUT2D eigenvalue weighted by atomic mass is 9.95. The van der Waals surface area contributed by atoms with E-state index in [1.807, 2.05) is 0 Å². The van der Waals surface area contributed by atoms with Gasteiger partial charge >= 0.3 is 12.3 Å². The Morgan fingerprint density at radius 2 is 1.95 bits per heavy atom. The molecule has 1 aliphatic rings. The number of hydrogen-bond acceptors (Lipinski definition) is 7. The van der Waals surface area contributed by atoms with E-state index in [1.165, 1.54) is 7.11 Å². The minimum Gasteiger partial charge on any atom is -0.438 e. The van der Waals surface area contributed by atoms with E-state index in [0.717, 1.165) is 12.8 Å². The first-order valence-electron chi connectivity index (χ1n) is 6.29. The van der Waals surface area contributed by atoms with Crippen LogP contribution >= 0.6 is 0 Å². The van der Waals surface area contributed by atoms with Gasteiger partial charge in [-0.1, -0.05) is 6.42 Å². The molecular weight excluding hydrogens is 256 g/mol. The average molecular weight is 276 g/mol. The molecule has 0 aromatic rings. The van der Waals surface area contributed by atoms with Gasteiger partial charge in [0.25, 0.3) is 0 Å². The van der Waals surface area contributed by atoms with E-state index in [9.17, 15) is 14.7 Å². The smallest absolute Gasteiger partial charge is 0.438 e. The van der Waals surface area contributed by atoms with Crippen molar-refractivity contribution in [1.82, 2.24) is 0 Å². The zero-order chi connectivity index (χ0) is 14.3. The molecule has 1 N–H and O–H groups in total. The lowest BCUT2D eigenvalue weighted by molar-refractivity contribution is -0.0648. The first-order valence-corrected chi connectivity index (χ1v) is 6.29. The third-order valence-electron chi connectivity index (χ3n) is 2.82. The standard InChI is InChI=1S/C12H20O7/c1-8(7-17-11(14)16-2)18-12(15)19-10-6-4-3-5-9(10)13/h8-10,13H,3-7H2,1-2H3. The largest absolute Gasteiger partial charge is 0.509 e. The van der Waals surface area contributed by atoms with Gasteiger partial charge in [-0.2, -0.15) is 0 Å². The molecule has 1 aliphatic carbocycles. The SMILES string of the molecule is COC(=O)OCC(C)OC(=O)OC1CCCCC1O. The van der Waals surface area contributed by atoms with E-state index in [4.69, 9.17) is 9.47 Å². The number of carbonyl (C=O) groups excluding carboxylic acids is 2. The molecule has 0 amide bonds. The van der Waals surface area contributed by atoms with Crippen LogP contribution in [0.25, 0.3) is 0 Å². The number of aliphatic hydroxyl groups is 1. The van der Waals surface area contributed by atoms with Crippen LogP contribution in [0.3, 0.4) is 0 Å². The summed E-state index contributed by atoms with van der Waals surface area (Å²) >= 11 is 0. The van der Waals surface area contributed by atoms with Crippen LogP contribution < -0.4 is 0 Å². The summed E-state index contributed by atoms with van der Waals surface area (Å²) in [4.78, 5) is 22.2. The Morgan fingerprint density at radius 1 is 1.26 bits per heavy atom. The van der Waals surface area contributed by atoms with Gasteiger partial charge in [0, 0.05) is 0 Å². The molecule has 19 heavy (non-hydrogen) atoms. The monoisotopic (exact) mass is 276 g/mol. The minimum absolute atomic E-state index is 0.116. The highest BCUT2D eigenvalue weighted by Gasteiger charge is 2.27. The zero-order valence-electron chi connectivity index (χ0n) is 11.2. The Morgan fingerprint density at radius 3 is 2.58 bits per heavy atom. The second-order valence-corrected chi connectivity index (χ2v) is 4.45. The van der Waals surface area contributed by atoms with Crippen molar-refractivity contribution in [3.05, 3.63) is 0 Å². The number of rotatable bonds is 4. The average Bonchev–Trinajstić information content (AvgIpc) is 2.38. The van der Waals surface area contributed by atoms with E-state index >= 15 is 0 Å². The highest BCUT2D eigenvalue weighted by molar-refractivity contribution is 5.61. The molecule has 0 aromatic heterocycles. The maximum absolute atomic E-state index is 11.5. The van der Waals surface area contributed by atoms with Crippen molar-refractivity contribution in [3.63, 3.8) is 0 Å². The topological polar surface area (TPSA) is 91.3 Å². The van der Waals surface area contributed by atoms with Gasteiger partial charge < -0.3 is 24.1 Å². The Kier molecular flexibility index (Phi) is 6.41. The van der Waals surface area contributed by atoms with Crippen LogP contribution in [0, 0.1) is 0 Å². The van der Waals surface area contributed by atoms with Crippen LogP contribution in [0.1, 0.15) is 32.6 Å². The van der Waals surface area contributed by atoms with Gasteiger partial charge in [0.15, 0.2) is 0 Å². The van der Waals surface area contributed by atoms with Crippen molar-refractivity contribution >= 4 is 12.3 Å². The third kappa shape index (κ3) is 5.78. The molecule has 0 radical (unpaired) electrons. The van der Waals surface area contributed by atoms with Crippen molar-refractivity contribution in [2.45, 2.75) is 50.9 Å². The fourth-order valence-corrected chi connectivity index (χ4v) is 1.81. The van der Waals surface area contributed by atoms with Crippen molar-refractivity contribution in [2.24, 2.45) is 0 Å². The Balaban J connectivity index is 2.24. The van der Waals surface area contributed by atoms with Crippen molar-refractivity contribution < 1.29 is 33.6 Å². The van der Waals surface area contributed by atoms with E-state index in [0.29, 0.717) is 12.8 Å². The summed E-state index contributed by atoms with van der Waals surface area (Å²) in [6.45, 7) is 1.44. The van der Waals surface area contributed by atoms with Crippen LogP contribution in [0.4, 0.5) is 9.59 Å².